The Morgan fingerprint density at radius 1 is 1.27 bits per heavy atom. The topological polar surface area (TPSA) is 20.3 Å². The lowest BCUT2D eigenvalue weighted by Gasteiger charge is -2.22. The highest BCUT2D eigenvalue weighted by molar-refractivity contribution is 5.95. The number of hydrogen-bond acceptors (Lipinski definition) is 1. The third-order valence-electron chi connectivity index (χ3n) is 2.93. The fourth-order valence-corrected chi connectivity index (χ4v) is 1.41. The molecule has 0 aliphatic carbocycles. The molecule has 0 saturated heterocycles. The van der Waals surface area contributed by atoms with E-state index in [4.69, 9.17) is 0 Å². The van der Waals surface area contributed by atoms with E-state index >= 15 is 0 Å². The molecule has 0 aromatic heterocycles. The van der Waals surface area contributed by atoms with Crippen molar-refractivity contribution in [2.24, 2.45) is 0 Å². The zero-order valence-corrected chi connectivity index (χ0v) is 10.2. The number of hydrogen-bond donors (Lipinski definition) is 0. The average molecular weight is 205 g/mol. The molecule has 1 amide bonds. The van der Waals surface area contributed by atoms with Gasteiger partial charge in [0.15, 0.2) is 0 Å². The van der Waals surface area contributed by atoms with Gasteiger partial charge in [-0.05, 0) is 44.9 Å². The third-order valence-corrected chi connectivity index (χ3v) is 2.93. The number of carbonyl (C=O) groups is 1. The molecule has 2 heteroatoms. The lowest BCUT2D eigenvalue weighted by molar-refractivity contribution is 0.0754. The Balaban J connectivity index is 3.07. The molecular weight excluding hydrogens is 186 g/mol. The first-order valence-corrected chi connectivity index (χ1v) is 5.28. The molecule has 0 aliphatic heterocycles. The predicted molar refractivity (Wildman–Crippen MR) is 63.1 cm³/mol. The molecule has 0 fully saturated rings. The number of nitrogens with zero attached hydrogens (tertiary/aromatic N) is 1. The molecular formula is C13H19NO. The van der Waals surface area contributed by atoms with Crippen molar-refractivity contribution in [3.63, 3.8) is 0 Å². The summed E-state index contributed by atoms with van der Waals surface area (Å²) >= 11 is 0. The summed E-state index contributed by atoms with van der Waals surface area (Å²) in [6.45, 7) is 8.06. The maximum Gasteiger partial charge on any atom is 0.254 e. The summed E-state index contributed by atoms with van der Waals surface area (Å²) in [6, 6.07) is 6.09. The lowest BCUT2D eigenvalue weighted by Crippen LogP contribution is -2.33. The van der Waals surface area contributed by atoms with Crippen LogP contribution in [0.15, 0.2) is 18.2 Å². The van der Waals surface area contributed by atoms with E-state index < -0.39 is 0 Å². The molecule has 1 aromatic rings. The van der Waals surface area contributed by atoms with Crippen LogP contribution in [0.1, 0.15) is 35.3 Å². The Morgan fingerprint density at radius 3 is 2.40 bits per heavy atom. The fourth-order valence-electron chi connectivity index (χ4n) is 1.41. The molecule has 0 unspecified atom stereocenters. The first-order chi connectivity index (χ1) is 6.95. The first-order valence-electron chi connectivity index (χ1n) is 5.28. The maximum atomic E-state index is 12.1. The van der Waals surface area contributed by atoms with Gasteiger partial charge in [0.1, 0.15) is 0 Å². The van der Waals surface area contributed by atoms with Gasteiger partial charge < -0.3 is 4.90 Å². The summed E-state index contributed by atoms with van der Waals surface area (Å²) in [7, 11) is 1.84. The standard InChI is InChI=1S/C13H19NO/c1-9(2)14(5)13(15)12-8-6-7-10(3)11(12)4/h6-9H,1-5H3. The summed E-state index contributed by atoms with van der Waals surface area (Å²) in [5, 5.41) is 0. The van der Waals surface area contributed by atoms with Crippen molar-refractivity contribution in [3.8, 4) is 0 Å². The number of rotatable bonds is 2. The molecule has 15 heavy (non-hydrogen) atoms. The van der Waals surface area contributed by atoms with Crippen molar-refractivity contribution < 1.29 is 4.79 Å². The smallest absolute Gasteiger partial charge is 0.254 e. The van der Waals surface area contributed by atoms with Crippen LogP contribution in [-0.2, 0) is 0 Å². The van der Waals surface area contributed by atoms with E-state index in [1.165, 1.54) is 0 Å². The minimum atomic E-state index is 0.103. The Hall–Kier alpha value is -1.31. The minimum Gasteiger partial charge on any atom is -0.339 e. The van der Waals surface area contributed by atoms with E-state index in [0.717, 1.165) is 16.7 Å². The van der Waals surface area contributed by atoms with Crippen LogP contribution in [-0.4, -0.2) is 23.9 Å². The quantitative estimate of drug-likeness (QED) is 0.727. The molecule has 1 aromatic carbocycles. The zero-order chi connectivity index (χ0) is 11.6. The van der Waals surface area contributed by atoms with Crippen LogP contribution in [0.2, 0.25) is 0 Å². The van der Waals surface area contributed by atoms with Crippen LogP contribution < -0.4 is 0 Å². The number of benzene rings is 1. The highest BCUT2D eigenvalue weighted by Gasteiger charge is 2.16. The van der Waals surface area contributed by atoms with E-state index in [1.54, 1.807) is 4.90 Å². The Morgan fingerprint density at radius 2 is 1.87 bits per heavy atom. The summed E-state index contributed by atoms with van der Waals surface area (Å²) in [5.41, 5.74) is 3.05. The Bertz CT molecular complexity index is 369. The van der Waals surface area contributed by atoms with Gasteiger partial charge >= 0.3 is 0 Å². The summed E-state index contributed by atoms with van der Waals surface area (Å²) < 4.78 is 0. The monoisotopic (exact) mass is 205 g/mol. The van der Waals surface area contributed by atoms with Crippen LogP contribution >= 0.6 is 0 Å². The van der Waals surface area contributed by atoms with Crippen LogP contribution in [0.3, 0.4) is 0 Å². The van der Waals surface area contributed by atoms with Crippen LogP contribution in [0.4, 0.5) is 0 Å². The van der Waals surface area contributed by atoms with Crippen LogP contribution in [0.25, 0.3) is 0 Å². The van der Waals surface area contributed by atoms with Gasteiger partial charge in [-0.25, -0.2) is 0 Å². The normalized spacial score (nSPS) is 10.5. The van der Waals surface area contributed by atoms with Gasteiger partial charge in [0.25, 0.3) is 5.91 Å². The predicted octanol–water partition coefficient (Wildman–Crippen LogP) is 2.78. The molecule has 0 saturated carbocycles. The molecule has 1 rings (SSSR count). The van der Waals surface area contributed by atoms with Crippen LogP contribution in [0, 0.1) is 13.8 Å². The minimum absolute atomic E-state index is 0.103. The van der Waals surface area contributed by atoms with Crippen molar-refractivity contribution >= 4 is 5.91 Å². The van der Waals surface area contributed by atoms with Crippen molar-refractivity contribution in [2.75, 3.05) is 7.05 Å². The SMILES string of the molecule is Cc1cccc(C(=O)N(C)C(C)C)c1C. The van der Waals surface area contributed by atoms with Crippen molar-refractivity contribution in [3.05, 3.63) is 34.9 Å². The Labute approximate surface area is 91.9 Å². The average Bonchev–Trinajstić information content (AvgIpc) is 2.20. The molecule has 2 nitrogen and oxygen atoms in total. The Kier molecular flexibility index (Phi) is 3.51. The van der Waals surface area contributed by atoms with Crippen LogP contribution in [0.5, 0.6) is 0 Å². The molecule has 0 atom stereocenters. The van der Waals surface area contributed by atoms with Gasteiger partial charge in [-0.1, -0.05) is 12.1 Å². The molecule has 0 N–H and O–H groups in total. The van der Waals surface area contributed by atoms with E-state index in [9.17, 15) is 4.79 Å². The molecule has 0 heterocycles. The largest absolute Gasteiger partial charge is 0.339 e. The van der Waals surface area contributed by atoms with E-state index in [-0.39, 0.29) is 11.9 Å². The van der Waals surface area contributed by atoms with Crippen molar-refractivity contribution in [2.45, 2.75) is 33.7 Å². The number of aryl methyl sites for hydroxylation is 1. The summed E-state index contributed by atoms with van der Waals surface area (Å²) in [5.74, 6) is 0.103. The van der Waals surface area contributed by atoms with Gasteiger partial charge in [-0.2, -0.15) is 0 Å². The van der Waals surface area contributed by atoms with E-state index in [1.807, 2.05) is 52.9 Å². The molecule has 0 spiro atoms. The molecule has 82 valence electrons. The molecule has 0 radical (unpaired) electrons. The van der Waals surface area contributed by atoms with E-state index in [0.29, 0.717) is 0 Å². The highest BCUT2D eigenvalue weighted by Crippen LogP contribution is 2.15. The lowest BCUT2D eigenvalue weighted by atomic mass is 10.0. The first kappa shape index (κ1) is 11.8. The number of amides is 1. The fraction of sp³-hybridized carbons (Fsp3) is 0.462. The number of carbonyl (C=O) groups excluding carboxylic acids is 1. The second-order valence-electron chi connectivity index (χ2n) is 4.26. The second kappa shape index (κ2) is 4.47. The van der Waals surface area contributed by atoms with Gasteiger partial charge in [0.05, 0.1) is 0 Å². The van der Waals surface area contributed by atoms with Gasteiger partial charge in [0.2, 0.25) is 0 Å². The molecule has 0 bridgehead atoms. The van der Waals surface area contributed by atoms with Gasteiger partial charge in [-0.15, -0.1) is 0 Å². The van der Waals surface area contributed by atoms with E-state index in [2.05, 4.69) is 0 Å². The van der Waals surface area contributed by atoms with Crippen molar-refractivity contribution in [1.29, 1.82) is 0 Å². The zero-order valence-electron chi connectivity index (χ0n) is 10.2. The highest BCUT2D eigenvalue weighted by atomic mass is 16.2. The summed E-state index contributed by atoms with van der Waals surface area (Å²) in [6.07, 6.45) is 0. The summed E-state index contributed by atoms with van der Waals surface area (Å²) in [4.78, 5) is 13.9. The van der Waals surface area contributed by atoms with Gasteiger partial charge in [-0.3, -0.25) is 4.79 Å². The third kappa shape index (κ3) is 2.38. The second-order valence-corrected chi connectivity index (χ2v) is 4.26. The maximum absolute atomic E-state index is 12.1. The molecule has 0 aliphatic rings. The van der Waals surface area contributed by atoms with Crippen molar-refractivity contribution in [1.82, 2.24) is 4.90 Å². The van der Waals surface area contributed by atoms with Gasteiger partial charge in [0, 0.05) is 18.7 Å².